The molecule has 0 unspecified atom stereocenters. The number of hydrogen-bond donors (Lipinski definition) is 1. The van der Waals surface area contributed by atoms with Gasteiger partial charge in [0.15, 0.2) is 0 Å². The van der Waals surface area contributed by atoms with Crippen molar-refractivity contribution in [2.24, 2.45) is 0 Å². The van der Waals surface area contributed by atoms with Crippen LogP contribution in [0.3, 0.4) is 0 Å². The molecule has 0 spiro atoms. The summed E-state index contributed by atoms with van der Waals surface area (Å²) in [5.41, 5.74) is 8.91. The number of anilines is 1. The molecule has 2 aromatic rings. The van der Waals surface area contributed by atoms with Crippen LogP contribution >= 0.6 is 11.5 Å². The summed E-state index contributed by atoms with van der Waals surface area (Å²) >= 11 is 1.46. The van der Waals surface area contributed by atoms with Crippen molar-refractivity contribution < 1.29 is 0 Å². The van der Waals surface area contributed by atoms with Crippen LogP contribution < -0.4 is 5.73 Å². The number of aromatic nitrogens is 2. The molecule has 2 aromatic heterocycles. The molecule has 4 heteroatoms. The fraction of sp³-hybridized carbons (Fsp3) is 0.200. The third-order valence-electron chi connectivity index (χ3n) is 1.95. The molecule has 0 atom stereocenters. The highest BCUT2D eigenvalue weighted by atomic mass is 32.1. The fourth-order valence-electron chi connectivity index (χ4n) is 1.27. The topological polar surface area (TPSA) is 51.8 Å². The van der Waals surface area contributed by atoms with E-state index in [-0.39, 0.29) is 0 Å². The zero-order chi connectivity index (χ0) is 10.1. The van der Waals surface area contributed by atoms with Gasteiger partial charge in [0, 0.05) is 11.8 Å². The third kappa shape index (κ3) is 1.61. The molecule has 0 aliphatic carbocycles. The van der Waals surface area contributed by atoms with Gasteiger partial charge in [-0.05, 0) is 43.1 Å². The van der Waals surface area contributed by atoms with Gasteiger partial charge in [-0.15, -0.1) is 0 Å². The van der Waals surface area contributed by atoms with Gasteiger partial charge in [0.2, 0.25) is 0 Å². The van der Waals surface area contributed by atoms with Crippen molar-refractivity contribution in [2.75, 3.05) is 5.73 Å². The Balaban J connectivity index is 2.55. The molecule has 0 saturated heterocycles. The molecule has 2 N–H and O–H groups in total. The Hall–Kier alpha value is -1.42. The molecule has 0 aromatic carbocycles. The van der Waals surface area contributed by atoms with Crippen LogP contribution in [0.15, 0.2) is 18.3 Å². The predicted octanol–water partition coefficient (Wildman–Crippen LogP) is 2.40. The van der Waals surface area contributed by atoms with Crippen LogP contribution in [0.25, 0.3) is 10.4 Å². The minimum absolute atomic E-state index is 0.569. The lowest BCUT2D eigenvalue weighted by atomic mass is 10.1. The number of nitrogens with zero attached hydrogens (tertiary/aromatic N) is 2. The maximum absolute atomic E-state index is 5.80. The van der Waals surface area contributed by atoms with E-state index in [0.717, 1.165) is 21.7 Å². The number of nitrogens with two attached hydrogens (primary N) is 1. The highest BCUT2D eigenvalue weighted by Crippen LogP contribution is 2.28. The molecule has 0 amide bonds. The second kappa shape index (κ2) is 3.38. The van der Waals surface area contributed by atoms with Gasteiger partial charge in [-0.2, -0.15) is 4.37 Å². The molecule has 2 heterocycles. The summed E-state index contributed by atoms with van der Waals surface area (Å²) in [6.07, 6.45) is 1.77. The highest BCUT2D eigenvalue weighted by Gasteiger charge is 2.06. The zero-order valence-corrected chi connectivity index (χ0v) is 8.93. The smallest absolute Gasteiger partial charge is 0.132 e. The van der Waals surface area contributed by atoms with E-state index in [1.807, 2.05) is 26.0 Å². The first-order valence-corrected chi connectivity index (χ1v) is 5.10. The lowest BCUT2D eigenvalue weighted by molar-refractivity contribution is 1.28. The van der Waals surface area contributed by atoms with Crippen LogP contribution in [0.4, 0.5) is 5.82 Å². The van der Waals surface area contributed by atoms with E-state index in [1.54, 1.807) is 6.20 Å². The quantitative estimate of drug-likeness (QED) is 0.777. The lowest BCUT2D eigenvalue weighted by Crippen LogP contribution is -1.93. The molecule has 0 radical (unpaired) electrons. The van der Waals surface area contributed by atoms with Crippen LogP contribution in [0.1, 0.15) is 11.3 Å². The molecule has 0 aliphatic heterocycles. The standard InChI is InChI=1S/C10H11N3S/c1-6-3-8(10(11)12-5-6)9-4-7(2)13-14-9/h3-5H,1-2H3,(H2,11,12). The molecule has 3 nitrogen and oxygen atoms in total. The van der Waals surface area contributed by atoms with E-state index in [1.165, 1.54) is 11.5 Å². The average Bonchev–Trinajstić information content (AvgIpc) is 2.56. The Bertz CT molecular complexity index is 462. The number of rotatable bonds is 1. The van der Waals surface area contributed by atoms with E-state index in [9.17, 15) is 0 Å². The maximum atomic E-state index is 5.80. The molecule has 72 valence electrons. The summed E-state index contributed by atoms with van der Waals surface area (Å²) in [5.74, 6) is 0.569. The first-order chi connectivity index (χ1) is 6.66. The molecular formula is C10H11N3S. The van der Waals surface area contributed by atoms with E-state index >= 15 is 0 Å². The summed E-state index contributed by atoms with van der Waals surface area (Å²) in [5, 5.41) is 0. The first-order valence-electron chi connectivity index (χ1n) is 4.32. The van der Waals surface area contributed by atoms with Crippen LogP contribution in [-0.2, 0) is 0 Å². The minimum Gasteiger partial charge on any atom is -0.383 e. The normalized spacial score (nSPS) is 10.4. The summed E-state index contributed by atoms with van der Waals surface area (Å²) < 4.78 is 4.22. The monoisotopic (exact) mass is 205 g/mol. The Morgan fingerprint density at radius 3 is 2.71 bits per heavy atom. The van der Waals surface area contributed by atoms with Gasteiger partial charge in [-0.1, -0.05) is 0 Å². The van der Waals surface area contributed by atoms with Gasteiger partial charge in [0.05, 0.1) is 10.6 Å². The van der Waals surface area contributed by atoms with Crippen molar-refractivity contribution in [3.8, 4) is 10.4 Å². The van der Waals surface area contributed by atoms with E-state index < -0.39 is 0 Å². The molecule has 0 fully saturated rings. The Morgan fingerprint density at radius 1 is 1.29 bits per heavy atom. The largest absolute Gasteiger partial charge is 0.383 e. The van der Waals surface area contributed by atoms with Crippen molar-refractivity contribution in [3.05, 3.63) is 29.6 Å². The maximum Gasteiger partial charge on any atom is 0.132 e. The lowest BCUT2D eigenvalue weighted by Gasteiger charge is -2.01. The van der Waals surface area contributed by atoms with Crippen molar-refractivity contribution >= 4 is 17.4 Å². The van der Waals surface area contributed by atoms with Gasteiger partial charge in [0.25, 0.3) is 0 Å². The molecule has 14 heavy (non-hydrogen) atoms. The minimum atomic E-state index is 0.569. The number of hydrogen-bond acceptors (Lipinski definition) is 4. The molecule has 0 aliphatic rings. The van der Waals surface area contributed by atoms with Crippen LogP contribution in [0, 0.1) is 13.8 Å². The van der Waals surface area contributed by atoms with Crippen molar-refractivity contribution in [3.63, 3.8) is 0 Å². The van der Waals surface area contributed by atoms with Gasteiger partial charge in [-0.25, -0.2) is 4.98 Å². The number of pyridine rings is 1. The molecule has 0 bridgehead atoms. The summed E-state index contributed by atoms with van der Waals surface area (Å²) in [6, 6.07) is 4.06. The van der Waals surface area contributed by atoms with E-state index in [2.05, 4.69) is 9.36 Å². The second-order valence-electron chi connectivity index (χ2n) is 3.28. The number of nitrogen functional groups attached to an aromatic ring is 1. The first kappa shape index (κ1) is 9.15. The van der Waals surface area contributed by atoms with Crippen LogP contribution in [0.5, 0.6) is 0 Å². The number of aryl methyl sites for hydroxylation is 2. The highest BCUT2D eigenvalue weighted by molar-refractivity contribution is 7.09. The second-order valence-corrected chi connectivity index (χ2v) is 4.08. The van der Waals surface area contributed by atoms with Crippen molar-refractivity contribution in [2.45, 2.75) is 13.8 Å². The zero-order valence-electron chi connectivity index (χ0n) is 8.11. The summed E-state index contributed by atoms with van der Waals surface area (Å²) in [7, 11) is 0. The van der Waals surface area contributed by atoms with E-state index in [0.29, 0.717) is 5.82 Å². The van der Waals surface area contributed by atoms with Crippen molar-refractivity contribution in [1.29, 1.82) is 0 Å². The van der Waals surface area contributed by atoms with Gasteiger partial charge < -0.3 is 5.73 Å². The van der Waals surface area contributed by atoms with E-state index in [4.69, 9.17) is 5.73 Å². The Morgan fingerprint density at radius 2 is 2.07 bits per heavy atom. The van der Waals surface area contributed by atoms with Gasteiger partial charge in [-0.3, -0.25) is 0 Å². The van der Waals surface area contributed by atoms with Gasteiger partial charge in [0.1, 0.15) is 5.82 Å². The fourth-order valence-corrected chi connectivity index (χ4v) is 2.05. The van der Waals surface area contributed by atoms with Crippen LogP contribution in [-0.4, -0.2) is 9.36 Å². The molecular weight excluding hydrogens is 194 g/mol. The Labute approximate surface area is 86.8 Å². The molecule has 2 rings (SSSR count). The van der Waals surface area contributed by atoms with Crippen molar-refractivity contribution in [1.82, 2.24) is 9.36 Å². The molecule has 0 saturated carbocycles. The summed E-state index contributed by atoms with van der Waals surface area (Å²) in [4.78, 5) is 5.20. The SMILES string of the molecule is Cc1cnc(N)c(-c2cc(C)ns2)c1. The predicted molar refractivity (Wildman–Crippen MR) is 59.2 cm³/mol. The Kier molecular flexibility index (Phi) is 2.21. The third-order valence-corrected chi connectivity index (χ3v) is 2.86. The average molecular weight is 205 g/mol. The summed E-state index contributed by atoms with van der Waals surface area (Å²) in [6.45, 7) is 3.98. The van der Waals surface area contributed by atoms with Crippen LogP contribution in [0.2, 0.25) is 0 Å². The van der Waals surface area contributed by atoms with Gasteiger partial charge >= 0.3 is 0 Å².